The number of aliphatic hydroxyl groups excluding tert-OH is 21. The molecule has 45 atom stereocenters. The van der Waals surface area contributed by atoms with Gasteiger partial charge in [0.1, 0.15) is 185 Å². The van der Waals surface area contributed by atoms with Gasteiger partial charge in [0.25, 0.3) is 0 Å². The van der Waals surface area contributed by atoms with Crippen molar-refractivity contribution in [3.05, 3.63) is 108 Å². The van der Waals surface area contributed by atoms with Crippen molar-refractivity contribution in [2.24, 2.45) is 40.7 Å². The molecular weight excluding hydrogens is 1910 g/mol. The molecule has 0 aromatic heterocycles. The Balaban J connectivity index is 0.000000232. The number of ether oxygens (including phenoxy) is 15. The number of hydrogen-bond donors (Lipinski definition) is 30. The number of carbonyl (C=O) groups is 3. The summed E-state index contributed by atoms with van der Waals surface area (Å²) in [5.41, 5.74) is 26.3. The van der Waals surface area contributed by atoms with E-state index in [-0.39, 0.29) is 65.4 Å². The molecule has 3 saturated carbocycles. The molecule has 6 aliphatic heterocycles. The molecule has 6 saturated heterocycles. The zero-order valence-electron chi connectivity index (χ0n) is 76.4. The second-order valence-corrected chi connectivity index (χ2v) is 35.8. The smallest absolute Gasteiger partial charge is 0.407 e. The monoisotopic (exact) mass is 2050 g/mol. The topological polar surface area (TPSA) is 779 Å². The molecule has 34 N–H and O–H groups in total. The Labute approximate surface area is 810 Å². The van der Waals surface area contributed by atoms with Gasteiger partial charge in [-0.25, -0.2) is 14.4 Å². The number of aliphatic hydroxyl groups is 21. The summed E-state index contributed by atoms with van der Waals surface area (Å²) in [5.74, 6) is 5.31. The van der Waals surface area contributed by atoms with Crippen LogP contribution in [0.25, 0.3) is 0 Å². The number of nitrogens with two attached hydrogens (primary N) is 4. The van der Waals surface area contributed by atoms with Crippen molar-refractivity contribution in [3.63, 3.8) is 0 Å². The molecular formula is C90H136BrN9O39. The average Bonchev–Trinajstić information content (AvgIpc) is 0.779. The van der Waals surface area contributed by atoms with E-state index in [1.165, 1.54) is 6.92 Å². The third-order valence-corrected chi connectivity index (χ3v) is 25.8. The van der Waals surface area contributed by atoms with Crippen molar-refractivity contribution < 1.29 is 193 Å². The van der Waals surface area contributed by atoms with Crippen molar-refractivity contribution in [1.29, 1.82) is 0 Å². The van der Waals surface area contributed by atoms with E-state index < -0.39 is 313 Å². The van der Waals surface area contributed by atoms with Gasteiger partial charge in [0.15, 0.2) is 37.7 Å². The van der Waals surface area contributed by atoms with Gasteiger partial charge in [-0.05, 0) is 41.9 Å². The molecule has 0 radical (unpaired) electrons. The van der Waals surface area contributed by atoms with Crippen molar-refractivity contribution >= 4 is 34.2 Å². The molecule has 3 aliphatic carbocycles. The summed E-state index contributed by atoms with van der Waals surface area (Å²) < 4.78 is 85.2. The number of alkyl carbamates (subject to hydrolysis) is 3. The van der Waals surface area contributed by atoms with E-state index in [4.69, 9.17) is 113 Å². The van der Waals surface area contributed by atoms with E-state index in [9.17, 15) is 122 Å². The first-order valence-corrected chi connectivity index (χ1v) is 46.5. The zero-order chi connectivity index (χ0) is 102. The normalized spacial score (nSPS) is 41.0. The fraction of sp³-hybridized carbons (Fsp3) is 0.700. The lowest BCUT2D eigenvalue weighted by Gasteiger charge is -2.49. The van der Waals surface area contributed by atoms with Gasteiger partial charge in [0.2, 0.25) is 0 Å². The molecule has 3 amide bonds. The van der Waals surface area contributed by atoms with Crippen LogP contribution in [0, 0.1) is 54.8 Å². The Bertz CT molecular complexity index is 4250. The average molecular weight is 2050 g/mol. The molecule has 9 aliphatic rings. The molecule has 0 spiro atoms. The fourth-order valence-electron chi connectivity index (χ4n) is 17.3. The zero-order valence-corrected chi connectivity index (χ0v) is 78.0. The summed E-state index contributed by atoms with van der Waals surface area (Å²) in [6.07, 6.45) is -37.7. The Hall–Kier alpha value is -6.93. The Morgan fingerprint density at radius 1 is 0.367 bits per heavy atom. The number of carbonyl (C=O) groups excluding carboxylic acids is 3. The largest absolute Gasteiger partial charge is 0.445 e. The van der Waals surface area contributed by atoms with E-state index >= 15 is 0 Å². The first-order chi connectivity index (χ1) is 66.3. The fourth-order valence-corrected chi connectivity index (χ4v) is 17.3. The number of rotatable bonds is 31. The SMILES string of the molecule is C#CCBr.C#CCN[C@@H]1CC(C)[C@@H](O[C@H]2OC(CNC(=O)OCc3ccccc3)[C@@H](O)[C@H](O)C2O)[C@H](O)C1OC1O[C@H](CO)C(O)[C@@H](C)[C@H]1O.C#CCN[C@@H]1CC(N)[C@@H](O[C@H]2OC(CN)[C@@H](O)[C@H](O)C2O)[C@H](O)C1OC1O[C@H](CO)C(O)[C@@H](N)[C@H]1O.C[C@@H]1C(O)[C@@H](CO)OC(OC2[C@H](N)CC(NC(=O)OCc3ccccc3)[C@@H](O[C@H]3OC(CNC(=O)OCc4ccccc4)[C@@H](O)[C@H](O)C3O)[C@@H]2O)[C@@H]1O. The van der Waals surface area contributed by atoms with E-state index in [2.05, 4.69) is 60.3 Å². The molecule has 3 aromatic rings. The molecule has 3 aromatic carbocycles. The van der Waals surface area contributed by atoms with Gasteiger partial charge >= 0.3 is 18.3 Å². The Morgan fingerprint density at radius 3 is 1.04 bits per heavy atom. The van der Waals surface area contributed by atoms with Gasteiger partial charge in [0.05, 0.1) is 68.6 Å². The van der Waals surface area contributed by atoms with Crippen molar-refractivity contribution in [1.82, 2.24) is 26.6 Å². The number of nitrogens with one attached hydrogen (secondary N) is 5. The maximum Gasteiger partial charge on any atom is 0.407 e. The van der Waals surface area contributed by atoms with Crippen LogP contribution in [0.2, 0.25) is 0 Å². The Morgan fingerprint density at radius 2 is 0.669 bits per heavy atom. The number of alkyl halides is 1. The van der Waals surface area contributed by atoms with Gasteiger partial charge in [-0.1, -0.05) is 145 Å². The molecule has 48 nitrogen and oxygen atoms in total. The van der Waals surface area contributed by atoms with E-state index in [1.54, 1.807) is 92.7 Å². The molecule has 12 rings (SSSR count). The maximum absolute atomic E-state index is 13.0. The van der Waals surface area contributed by atoms with Crippen LogP contribution in [-0.4, -0.2) is 441 Å². The maximum atomic E-state index is 13.0. The van der Waals surface area contributed by atoms with Crippen LogP contribution in [0.5, 0.6) is 0 Å². The second-order valence-electron chi connectivity index (χ2n) is 35.2. The molecule has 9 fully saturated rings. The number of hydrogen-bond acceptors (Lipinski definition) is 45. The van der Waals surface area contributed by atoms with Gasteiger partial charge in [-0.2, -0.15) is 0 Å². The molecule has 782 valence electrons. The molecule has 49 heteroatoms. The van der Waals surface area contributed by atoms with Gasteiger partial charge in [0, 0.05) is 55.6 Å². The molecule has 6 heterocycles. The summed E-state index contributed by atoms with van der Waals surface area (Å²) in [6, 6.07) is 21.3. The van der Waals surface area contributed by atoms with Crippen molar-refractivity contribution in [2.45, 2.75) is 317 Å². The lowest BCUT2D eigenvalue weighted by Crippen LogP contribution is -2.69. The van der Waals surface area contributed by atoms with Crippen LogP contribution in [0.15, 0.2) is 91.0 Å². The van der Waals surface area contributed by atoms with E-state index in [0.29, 0.717) is 17.3 Å². The van der Waals surface area contributed by atoms with Crippen molar-refractivity contribution in [2.75, 3.05) is 57.9 Å². The minimum Gasteiger partial charge on any atom is -0.445 e. The quantitative estimate of drug-likeness (QED) is 0.0162. The standard InChI is InChI=1S/C35H49N3O15.C31H46N2O13.C21H38N4O11.C3H3Br/c1-17-24(40)23(14-39)51-32(25(17)41)52-30-20(36)12-21(38-35(47)49-16-19-10-6-3-7-11-19)31(29(30)45)53-33-28(44)27(43)26(42)22(50-33)13-37-34(46)48-15-18-8-4-2-5-9-18;1-4-10-32-18-11-15(2)27(26(40)28(18)46-29-22(36)16(3)21(35)20(13-34)44-29)45-30-25(39)24(38)23(37)19(43-30)12-33-31(41)42-14-17-8-6-5-7-9-17;1-2-3-25-8-4-7(23)18(35-21-16(31)15(30)13(28)9(5-22)33-21)17(32)19(8)36-20-14(29)11(24)12(27)10(6-26)34-20;1-2-3-4/h2-11,17,20-33,39-45H,12-16,36H2,1H3,(H,37,46)(H,38,47);1,5-9,15-16,18-30,32,34-40H,10-14H2,2-3H3,(H,33,41);1,7-21,25-32H,3-6,22-24H2;1H,3H2/t17-,20-,21?,22?,23-,24?,25-,26-,27+,28?,29-,30?,31-,32?,33-;15?,16-,18-,19?,20-,21?,22-,23-,24+,25?,26+,27-,28?,29?,30-;7?,8-,9?,10-,11-,12?,13-,14-,15+,16?,17+,18-,19?,20?,21-;/m111./s1. The lowest BCUT2D eigenvalue weighted by molar-refractivity contribution is -0.339. The lowest BCUT2D eigenvalue weighted by atomic mass is 9.79. The minimum atomic E-state index is -1.88. The summed E-state index contributed by atoms with van der Waals surface area (Å²) >= 11 is 3.01. The third kappa shape index (κ3) is 30.6. The number of amides is 3. The highest BCUT2D eigenvalue weighted by atomic mass is 79.9. The second kappa shape index (κ2) is 56.0. The summed E-state index contributed by atoms with van der Waals surface area (Å²) in [5, 5.41) is 235. The van der Waals surface area contributed by atoms with Crippen LogP contribution < -0.4 is 49.5 Å². The van der Waals surface area contributed by atoms with Gasteiger partial charge < -0.3 is 228 Å². The van der Waals surface area contributed by atoms with Crippen LogP contribution >= 0.6 is 15.9 Å². The number of halogens is 1. The summed E-state index contributed by atoms with van der Waals surface area (Å²) in [4.78, 5) is 37.6. The first kappa shape index (κ1) is 116. The van der Waals surface area contributed by atoms with Gasteiger partial charge in [-0.15, -0.1) is 19.3 Å². The highest BCUT2D eigenvalue weighted by Crippen LogP contribution is 2.40. The molecule has 139 heavy (non-hydrogen) atoms. The van der Waals surface area contributed by atoms with Crippen LogP contribution in [-0.2, 0) is 90.9 Å². The number of terminal acetylenes is 3. The van der Waals surface area contributed by atoms with Gasteiger partial charge in [-0.3, -0.25) is 0 Å². The predicted octanol–water partition coefficient (Wildman–Crippen LogP) is -10.5. The highest BCUT2D eigenvalue weighted by molar-refractivity contribution is 9.09. The van der Waals surface area contributed by atoms with Crippen LogP contribution in [0.1, 0.15) is 56.7 Å². The predicted molar refractivity (Wildman–Crippen MR) is 482 cm³/mol. The third-order valence-electron chi connectivity index (χ3n) is 25.5. The van der Waals surface area contributed by atoms with Crippen LogP contribution in [0.3, 0.4) is 0 Å². The summed E-state index contributed by atoms with van der Waals surface area (Å²) in [6.45, 7) is 2.41. The minimum absolute atomic E-state index is 0.00872. The first-order valence-electron chi connectivity index (χ1n) is 45.4. The van der Waals surface area contributed by atoms with E-state index in [1.807, 2.05) is 12.1 Å². The van der Waals surface area contributed by atoms with Crippen LogP contribution in [0.4, 0.5) is 14.4 Å². The molecule has 0 bridgehead atoms. The van der Waals surface area contributed by atoms with Crippen molar-refractivity contribution in [3.8, 4) is 37.0 Å². The van der Waals surface area contributed by atoms with E-state index in [0.717, 1.165) is 11.1 Å². The highest BCUT2D eigenvalue weighted by Gasteiger charge is 2.58. The molecule has 18 unspecified atom stereocenters. The number of benzene rings is 3. The Kier molecular flexibility index (Phi) is 46.6. The summed E-state index contributed by atoms with van der Waals surface area (Å²) in [7, 11) is 0.